The van der Waals surface area contributed by atoms with Crippen LogP contribution in [0.3, 0.4) is 0 Å². The number of rotatable bonds is 2. The number of pyridine rings is 1. The Morgan fingerprint density at radius 2 is 1.23 bits per heavy atom. The van der Waals surface area contributed by atoms with E-state index in [1.54, 1.807) is 0 Å². The lowest BCUT2D eigenvalue weighted by atomic mass is 10.0. The highest BCUT2D eigenvalue weighted by Gasteiger charge is 2.14. The fraction of sp³-hybridized carbons (Fsp3) is 0. The van der Waals surface area contributed by atoms with E-state index in [1.165, 1.54) is 69.3 Å². The summed E-state index contributed by atoms with van der Waals surface area (Å²) in [5.74, 6) is 0. The third kappa shape index (κ3) is 3.13. The Balaban J connectivity index is 1.19. The first kappa shape index (κ1) is 21.9. The minimum absolute atomic E-state index is 1.03. The van der Waals surface area contributed by atoms with E-state index >= 15 is 0 Å². The summed E-state index contributed by atoms with van der Waals surface area (Å²) in [4.78, 5) is 4.85. The number of aromatic nitrogens is 2. The van der Waals surface area contributed by atoms with Crippen LogP contribution in [0.15, 0.2) is 134 Å². The summed E-state index contributed by atoms with van der Waals surface area (Å²) in [5.41, 5.74) is 7.02. The van der Waals surface area contributed by atoms with Gasteiger partial charge in [-0.25, -0.2) is 0 Å². The number of hydrogen-bond donors (Lipinski definition) is 0. The fourth-order valence-electron chi connectivity index (χ4n) is 6.33. The van der Waals surface area contributed by atoms with Crippen LogP contribution in [0.1, 0.15) is 0 Å². The lowest BCUT2D eigenvalue weighted by molar-refractivity contribution is 1.18. The fourth-order valence-corrected chi connectivity index (χ4v) is 7.42. The highest BCUT2D eigenvalue weighted by Crippen LogP contribution is 2.39. The first-order valence-corrected chi connectivity index (χ1v) is 14.4. The van der Waals surface area contributed by atoms with Gasteiger partial charge in [0.05, 0.1) is 21.3 Å². The molecule has 3 heteroatoms. The molecule has 3 aromatic heterocycles. The van der Waals surface area contributed by atoms with Gasteiger partial charge in [0, 0.05) is 43.5 Å². The highest BCUT2D eigenvalue weighted by molar-refractivity contribution is 7.26. The SMILES string of the molecule is c1ccc2cc3c(cc2c1)c1ccccc1n3-c1ccc(-c2ccc3c(c2)ncc2sc4ccccc4c23)cc1. The monoisotopic (exact) mass is 526 g/mol. The topological polar surface area (TPSA) is 17.8 Å². The largest absolute Gasteiger partial charge is 0.309 e. The van der Waals surface area contributed by atoms with Crippen molar-refractivity contribution in [3.05, 3.63) is 134 Å². The molecule has 0 unspecified atom stereocenters. The molecule has 0 bridgehead atoms. The zero-order valence-electron chi connectivity index (χ0n) is 21.5. The van der Waals surface area contributed by atoms with Crippen LogP contribution in [0.5, 0.6) is 0 Å². The zero-order chi connectivity index (χ0) is 26.2. The molecule has 0 saturated carbocycles. The van der Waals surface area contributed by atoms with Crippen LogP contribution in [-0.4, -0.2) is 9.55 Å². The van der Waals surface area contributed by atoms with Crippen LogP contribution in [0, 0.1) is 0 Å². The van der Waals surface area contributed by atoms with Crippen LogP contribution in [0.2, 0.25) is 0 Å². The van der Waals surface area contributed by atoms with Gasteiger partial charge < -0.3 is 4.57 Å². The molecule has 0 spiro atoms. The van der Waals surface area contributed by atoms with Crippen molar-refractivity contribution >= 4 is 75.0 Å². The van der Waals surface area contributed by atoms with E-state index < -0.39 is 0 Å². The Hall–Kier alpha value is -4.99. The van der Waals surface area contributed by atoms with Gasteiger partial charge in [0.25, 0.3) is 0 Å². The number of benzene rings is 6. The van der Waals surface area contributed by atoms with Crippen molar-refractivity contribution in [1.82, 2.24) is 9.55 Å². The molecule has 0 saturated heterocycles. The molecule has 0 atom stereocenters. The maximum absolute atomic E-state index is 4.85. The van der Waals surface area contributed by atoms with Crippen LogP contribution in [0.4, 0.5) is 0 Å². The Labute approximate surface area is 234 Å². The normalized spacial score (nSPS) is 12.0. The van der Waals surface area contributed by atoms with Gasteiger partial charge in [-0.2, -0.15) is 0 Å². The van der Waals surface area contributed by atoms with Gasteiger partial charge in [0.1, 0.15) is 0 Å². The van der Waals surface area contributed by atoms with Crippen molar-refractivity contribution in [3.8, 4) is 16.8 Å². The highest BCUT2D eigenvalue weighted by atomic mass is 32.1. The van der Waals surface area contributed by atoms with Crippen molar-refractivity contribution in [2.75, 3.05) is 0 Å². The number of hydrogen-bond acceptors (Lipinski definition) is 2. The van der Waals surface area contributed by atoms with Crippen molar-refractivity contribution < 1.29 is 0 Å². The molecular formula is C37H22N2S. The molecule has 6 aromatic carbocycles. The van der Waals surface area contributed by atoms with Crippen molar-refractivity contribution in [3.63, 3.8) is 0 Å². The molecular weight excluding hydrogens is 504 g/mol. The minimum Gasteiger partial charge on any atom is -0.309 e. The van der Waals surface area contributed by atoms with Gasteiger partial charge in [-0.15, -0.1) is 11.3 Å². The molecule has 2 nitrogen and oxygen atoms in total. The summed E-state index contributed by atoms with van der Waals surface area (Å²) in [5, 5.41) is 8.93. The molecule has 0 amide bonds. The summed E-state index contributed by atoms with van der Waals surface area (Å²) in [6.07, 6.45) is 2.03. The van der Waals surface area contributed by atoms with Crippen LogP contribution in [0.25, 0.3) is 80.5 Å². The molecule has 9 rings (SSSR count). The van der Waals surface area contributed by atoms with Crippen LogP contribution in [-0.2, 0) is 0 Å². The predicted molar refractivity (Wildman–Crippen MR) is 172 cm³/mol. The molecule has 9 aromatic rings. The molecule has 40 heavy (non-hydrogen) atoms. The van der Waals surface area contributed by atoms with Crippen molar-refractivity contribution in [1.29, 1.82) is 0 Å². The third-order valence-corrected chi connectivity index (χ3v) is 9.31. The van der Waals surface area contributed by atoms with Crippen molar-refractivity contribution in [2.24, 2.45) is 0 Å². The molecule has 0 aliphatic rings. The first-order valence-electron chi connectivity index (χ1n) is 13.5. The molecule has 186 valence electrons. The Kier molecular flexibility index (Phi) is 4.52. The van der Waals surface area contributed by atoms with Gasteiger partial charge >= 0.3 is 0 Å². The lowest BCUT2D eigenvalue weighted by Crippen LogP contribution is -1.93. The number of thiophene rings is 1. The van der Waals surface area contributed by atoms with E-state index in [1.807, 2.05) is 17.5 Å². The second kappa shape index (κ2) is 8.25. The van der Waals surface area contributed by atoms with Crippen LogP contribution < -0.4 is 0 Å². The first-order chi connectivity index (χ1) is 19.8. The second-order valence-corrected chi connectivity index (χ2v) is 11.5. The van der Waals surface area contributed by atoms with E-state index in [-0.39, 0.29) is 0 Å². The summed E-state index contributed by atoms with van der Waals surface area (Å²) < 4.78 is 4.94. The lowest BCUT2D eigenvalue weighted by Gasteiger charge is -2.10. The van der Waals surface area contributed by atoms with Crippen LogP contribution >= 0.6 is 11.3 Å². The zero-order valence-corrected chi connectivity index (χ0v) is 22.3. The van der Waals surface area contributed by atoms with Gasteiger partial charge in [0.2, 0.25) is 0 Å². The van der Waals surface area contributed by atoms with Gasteiger partial charge in [-0.3, -0.25) is 4.98 Å². The summed E-state index contributed by atoms with van der Waals surface area (Å²) >= 11 is 1.81. The number of para-hydroxylation sites is 1. The van der Waals surface area contributed by atoms with E-state index in [0.717, 1.165) is 11.2 Å². The molecule has 0 fully saturated rings. The maximum Gasteiger partial charge on any atom is 0.0715 e. The Morgan fingerprint density at radius 3 is 2.10 bits per heavy atom. The number of fused-ring (bicyclic) bond motifs is 9. The van der Waals surface area contributed by atoms with Gasteiger partial charge in [-0.05, 0) is 64.4 Å². The van der Waals surface area contributed by atoms with Gasteiger partial charge in [-0.1, -0.05) is 84.9 Å². The van der Waals surface area contributed by atoms with E-state index in [0.29, 0.717) is 0 Å². The maximum atomic E-state index is 4.85. The van der Waals surface area contributed by atoms with E-state index in [2.05, 4.69) is 132 Å². The Bertz CT molecular complexity index is 2430. The van der Waals surface area contributed by atoms with Crippen molar-refractivity contribution in [2.45, 2.75) is 0 Å². The molecule has 0 radical (unpaired) electrons. The quantitative estimate of drug-likeness (QED) is 0.219. The Morgan fingerprint density at radius 1 is 0.500 bits per heavy atom. The predicted octanol–water partition coefficient (Wildman–Crippen LogP) is 10.5. The molecule has 0 aliphatic carbocycles. The van der Waals surface area contributed by atoms with E-state index in [4.69, 9.17) is 4.98 Å². The third-order valence-electron chi connectivity index (χ3n) is 8.21. The molecule has 0 aliphatic heterocycles. The summed E-state index contributed by atoms with van der Waals surface area (Å²) in [6.45, 7) is 0. The van der Waals surface area contributed by atoms with E-state index in [9.17, 15) is 0 Å². The minimum atomic E-state index is 1.03. The van der Waals surface area contributed by atoms with Gasteiger partial charge in [0.15, 0.2) is 0 Å². The summed E-state index contributed by atoms with van der Waals surface area (Å²) in [6, 6.07) is 46.3. The second-order valence-electron chi connectivity index (χ2n) is 10.4. The molecule has 3 heterocycles. The molecule has 0 N–H and O–H groups in total. The smallest absolute Gasteiger partial charge is 0.0715 e. The number of nitrogens with zero attached hydrogens (tertiary/aromatic N) is 2. The average molecular weight is 527 g/mol. The average Bonchev–Trinajstić information content (AvgIpc) is 3.55. The summed E-state index contributed by atoms with van der Waals surface area (Å²) in [7, 11) is 0. The standard InChI is InChI=1S/C37H22N2S/c1-2-8-25-21-34-31(19-24(25)7-1)28-9-3-5-11-33(28)39(34)27-16-13-23(14-17-27)26-15-18-29-32(20-26)38-22-36-37(29)30-10-4-6-12-35(30)40-36/h1-22H.